The number of hydrogen-bond acceptors (Lipinski definition) is 3. The maximum absolute atomic E-state index is 13.9. The van der Waals surface area contributed by atoms with Crippen LogP contribution in [0.4, 0.5) is 13.2 Å². The Labute approximate surface area is 130 Å². The number of alkyl halides is 1. The Balaban J connectivity index is 1.92. The lowest BCUT2D eigenvalue weighted by atomic mass is 10.1. The van der Waals surface area contributed by atoms with Gasteiger partial charge < -0.3 is 5.73 Å². The summed E-state index contributed by atoms with van der Waals surface area (Å²) in [7, 11) is 0. The van der Waals surface area contributed by atoms with Crippen molar-refractivity contribution in [1.29, 1.82) is 0 Å². The van der Waals surface area contributed by atoms with Gasteiger partial charge in [-0.2, -0.15) is 5.10 Å². The standard InChI is InChI=1S/C15H15F3N4O/c16-9-4-12(15(19)23)22(7-9)6-8-5-20-21-14(8)13-10(17)2-1-3-11(13)18/h1-3,5,9,12H,4,6-7H2,(H2,19,23)(H,20,21)/t9-,12+/m1/s1. The summed E-state index contributed by atoms with van der Waals surface area (Å²) >= 11 is 0. The highest BCUT2D eigenvalue weighted by molar-refractivity contribution is 5.80. The van der Waals surface area contributed by atoms with E-state index < -0.39 is 29.8 Å². The molecule has 0 spiro atoms. The molecule has 1 saturated heterocycles. The molecule has 1 fully saturated rings. The molecule has 1 amide bonds. The lowest BCUT2D eigenvalue weighted by Crippen LogP contribution is -2.39. The summed E-state index contributed by atoms with van der Waals surface area (Å²) in [5.74, 6) is -2.08. The molecule has 23 heavy (non-hydrogen) atoms. The number of carbonyl (C=O) groups excluding carboxylic acids is 1. The number of nitrogens with two attached hydrogens (primary N) is 1. The first-order chi connectivity index (χ1) is 11.0. The second-order valence-electron chi connectivity index (χ2n) is 5.55. The highest BCUT2D eigenvalue weighted by Crippen LogP contribution is 2.30. The third-order valence-electron chi connectivity index (χ3n) is 3.98. The Morgan fingerprint density at radius 3 is 2.74 bits per heavy atom. The summed E-state index contributed by atoms with van der Waals surface area (Å²) < 4.78 is 41.4. The third-order valence-corrected chi connectivity index (χ3v) is 3.98. The van der Waals surface area contributed by atoms with E-state index in [1.807, 2.05) is 0 Å². The molecule has 1 aliphatic heterocycles. The number of nitrogens with zero attached hydrogens (tertiary/aromatic N) is 2. The minimum absolute atomic E-state index is 0.0244. The average Bonchev–Trinajstić information content (AvgIpc) is 3.06. The zero-order chi connectivity index (χ0) is 16.6. The van der Waals surface area contributed by atoms with E-state index in [4.69, 9.17) is 5.73 Å². The van der Waals surface area contributed by atoms with Gasteiger partial charge >= 0.3 is 0 Å². The summed E-state index contributed by atoms with van der Waals surface area (Å²) in [5, 5.41) is 6.38. The number of halogens is 3. The molecule has 8 heteroatoms. The van der Waals surface area contributed by atoms with Gasteiger partial charge in [0.1, 0.15) is 17.8 Å². The predicted molar refractivity (Wildman–Crippen MR) is 76.8 cm³/mol. The Morgan fingerprint density at radius 1 is 1.39 bits per heavy atom. The van der Waals surface area contributed by atoms with E-state index in [-0.39, 0.29) is 30.8 Å². The van der Waals surface area contributed by atoms with Gasteiger partial charge in [0.25, 0.3) is 0 Å². The number of hydrogen-bond donors (Lipinski definition) is 2. The number of benzene rings is 1. The smallest absolute Gasteiger partial charge is 0.234 e. The molecule has 122 valence electrons. The highest BCUT2D eigenvalue weighted by atomic mass is 19.1. The van der Waals surface area contributed by atoms with Crippen molar-refractivity contribution in [2.24, 2.45) is 5.73 Å². The number of aromatic amines is 1. The molecular formula is C15H15F3N4O. The molecule has 2 aromatic rings. The Hall–Kier alpha value is -2.35. The minimum atomic E-state index is -1.16. The zero-order valence-electron chi connectivity index (χ0n) is 12.1. The fourth-order valence-corrected chi connectivity index (χ4v) is 2.92. The van der Waals surface area contributed by atoms with Crippen molar-refractivity contribution in [2.45, 2.75) is 25.2 Å². The summed E-state index contributed by atoms with van der Waals surface area (Å²) in [6, 6.07) is 2.81. The van der Waals surface area contributed by atoms with E-state index in [1.165, 1.54) is 12.3 Å². The summed E-state index contributed by atoms with van der Waals surface area (Å²) in [5.41, 5.74) is 5.70. The number of nitrogens with one attached hydrogen (secondary N) is 1. The van der Waals surface area contributed by atoms with Crippen LogP contribution in [0.25, 0.3) is 11.3 Å². The molecule has 3 N–H and O–H groups in total. The molecule has 0 saturated carbocycles. The minimum Gasteiger partial charge on any atom is -0.368 e. The molecule has 5 nitrogen and oxygen atoms in total. The highest BCUT2D eigenvalue weighted by Gasteiger charge is 2.36. The van der Waals surface area contributed by atoms with Gasteiger partial charge in [-0.05, 0) is 12.1 Å². The molecule has 0 bridgehead atoms. The van der Waals surface area contributed by atoms with Crippen LogP contribution >= 0.6 is 0 Å². The van der Waals surface area contributed by atoms with Gasteiger partial charge in [0, 0.05) is 25.1 Å². The van der Waals surface area contributed by atoms with Crippen molar-refractivity contribution in [3.05, 3.63) is 41.6 Å². The number of H-pyrrole nitrogens is 1. The zero-order valence-corrected chi connectivity index (χ0v) is 12.1. The molecule has 1 aromatic carbocycles. The van der Waals surface area contributed by atoms with Gasteiger partial charge in [-0.15, -0.1) is 0 Å². The number of rotatable bonds is 4. The summed E-state index contributed by atoms with van der Waals surface area (Å²) in [4.78, 5) is 13.0. The first kappa shape index (κ1) is 15.5. The second-order valence-corrected chi connectivity index (χ2v) is 5.55. The van der Waals surface area contributed by atoms with E-state index in [2.05, 4.69) is 10.2 Å². The van der Waals surface area contributed by atoms with Crippen LogP contribution in [0.5, 0.6) is 0 Å². The van der Waals surface area contributed by atoms with Gasteiger partial charge in [0.15, 0.2) is 0 Å². The van der Waals surface area contributed by atoms with Gasteiger partial charge in [-0.1, -0.05) is 6.07 Å². The van der Waals surface area contributed by atoms with Crippen LogP contribution in [-0.4, -0.2) is 39.8 Å². The Bertz CT molecular complexity index is 713. The normalized spacial score (nSPS) is 21.7. The first-order valence-electron chi connectivity index (χ1n) is 7.11. The predicted octanol–water partition coefficient (Wildman–Crippen LogP) is 1.75. The lowest BCUT2D eigenvalue weighted by Gasteiger charge is -2.21. The lowest BCUT2D eigenvalue weighted by molar-refractivity contribution is -0.122. The van der Waals surface area contributed by atoms with Crippen molar-refractivity contribution in [2.75, 3.05) is 6.54 Å². The Kier molecular flexibility index (Phi) is 4.08. The van der Waals surface area contributed by atoms with Crippen molar-refractivity contribution >= 4 is 5.91 Å². The topological polar surface area (TPSA) is 75.0 Å². The number of primary amides is 1. The third kappa shape index (κ3) is 2.94. The van der Waals surface area contributed by atoms with Crippen molar-refractivity contribution in [3.63, 3.8) is 0 Å². The monoisotopic (exact) mass is 324 g/mol. The van der Waals surface area contributed by atoms with E-state index in [0.717, 1.165) is 12.1 Å². The second kappa shape index (κ2) is 6.04. The number of amides is 1. The van der Waals surface area contributed by atoms with Crippen LogP contribution < -0.4 is 5.73 Å². The Morgan fingerprint density at radius 2 is 2.09 bits per heavy atom. The van der Waals surface area contributed by atoms with E-state index >= 15 is 0 Å². The molecule has 0 aliphatic carbocycles. The van der Waals surface area contributed by atoms with Crippen molar-refractivity contribution < 1.29 is 18.0 Å². The van der Waals surface area contributed by atoms with E-state index in [9.17, 15) is 18.0 Å². The SMILES string of the molecule is NC(=O)[C@@H]1C[C@@H](F)CN1Cc1cn[nH]c1-c1c(F)cccc1F. The van der Waals surface area contributed by atoms with Crippen molar-refractivity contribution in [3.8, 4) is 11.3 Å². The molecular weight excluding hydrogens is 309 g/mol. The van der Waals surface area contributed by atoms with Crippen LogP contribution in [0.3, 0.4) is 0 Å². The number of likely N-dealkylation sites (tertiary alicyclic amines) is 1. The first-order valence-corrected chi connectivity index (χ1v) is 7.11. The molecule has 2 heterocycles. The summed E-state index contributed by atoms with van der Waals surface area (Å²) in [6.45, 7) is 0.158. The maximum Gasteiger partial charge on any atom is 0.234 e. The number of carbonyl (C=O) groups is 1. The van der Waals surface area contributed by atoms with Gasteiger partial charge in [-0.3, -0.25) is 14.8 Å². The largest absolute Gasteiger partial charge is 0.368 e. The van der Waals surface area contributed by atoms with Crippen molar-refractivity contribution in [1.82, 2.24) is 15.1 Å². The quantitative estimate of drug-likeness (QED) is 0.900. The number of aromatic nitrogens is 2. The van der Waals surface area contributed by atoms with Crippen LogP contribution in [0.2, 0.25) is 0 Å². The van der Waals surface area contributed by atoms with Crippen LogP contribution in [0.15, 0.2) is 24.4 Å². The van der Waals surface area contributed by atoms with Crippen LogP contribution in [0.1, 0.15) is 12.0 Å². The molecule has 1 aliphatic rings. The molecule has 0 radical (unpaired) electrons. The van der Waals surface area contributed by atoms with E-state index in [0.29, 0.717) is 5.56 Å². The van der Waals surface area contributed by atoms with Crippen LogP contribution in [0, 0.1) is 11.6 Å². The van der Waals surface area contributed by atoms with Gasteiger partial charge in [-0.25, -0.2) is 13.2 Å². The average molecular weight is 324 g/mol. The maximum atomic E-state index is 13.9. The fourth-order valence-electron chi connectivity index (χ4n) is 2.92. The molecule has 2 atom stereocenters. The summed E-state index contributed by atoms with van der Waals surface area (Å²) in [6.07, 6.45) is 0.273. The van der Waals surface area contributed by atoms with Gasteiger partial charge in [0.2, 0.25) is 5.91 Å². The molecule has 1 aromatic heterocycles. The molecule has 0 unspecified atom stereocenters. The van der Waals surface area contributed by atoms with Gasteiger partial charge in [0.05, 0.1) is 23.5 Å². The van der Waals surface area contributed by atoms with Crippen LogP contribution in [-0.2, 0) is 11.3 Å². The molecule has 3 rings (SSSR count). The van der Waals surface area contributed by atoms with E-state index in [1.54, 1.807) is 4.90 Å². The fraction of sp³-hybridized carbons (Fsp3) is 0.333.